The number of carbonyl (C=O) groups is 2. The number of benzene rings is 1. The summed E-state index contributed by atoms with van der Waals surface area (Å²) in [6.07, 6.45) is 0.851. The number of nitrogens with one attached hydrogen (secondary N) is 1. The van der Waals surface area contributed by atoms with E-state index in [4.69, 9.17) is 4.74 Å². The van der Waals surface area contributed by atoms with Gasteiger partial charge in [-0.05, 0) is 12.0 Å². The van der Waals surface area contributed by atoms with Crippen molar-refractivity contribution in [3.63, 3.8) is 0 Å². The molecule has 0 bridgehead atoms. The summed E-state index contributed by atoms with van der Waals surface area (Å²) in [5.41, 5.74) is 1.23. The van der Waals surface area contributed by atoms with Gasteiger partial charge >= 0.3 is 0 Å². The van der Waals surface area contributed by atoms with Crippen molar-refractivity contribution in [1.29, 1.82) is 0 Å². The highest BCUT2D eigenvalue weighted by Crippen LogP contribution is 2.04. The third-order valence-corrected chi connectivity index (χ3v) is 5.13. The Morgan fingerprint density at radius 2 is 1.52 bits per heavy atom. The van der Waals surface area contributed by atoms with Crippen LogP contribution in [0.5, 0.6) is 0 Å². The van der Waals surface area contributed by atoms with Crippen LogP contribution < -0.4 is 5.32 Å². The number of ether oxygens (including phenoxy) is 1. The number of carbonyl (C=O) groups excluding carboxylic acids is 2. The van der Waals surface area contributed by atoms with Gasteiger partial charge in [-0.3, -0.25) is 19.4 Å². The van der Waals surface area contributed by atoms with Gasteiger partial charge in [-0.15, -0.1) is 0 Å². The van der Waals surface area contributed by atoms with E-state index in [0.717, 1.165) is 32.6 Å². The molecule has 0 saturated carbocycles. The second kappa shape index (κ2) is 10.4. The highest BCUT2D eigenvalue weighted by Gasteiger charge is 2.23. The topological polar surface area (TPSA) is 65.1 Å². The van der Waals surface area contributed by atoms with Crippen molar-refractivity contribution < 1.29 is 14.3 Å². The lowest BCUT2D eigenvalue weighted by atomic mass is 10.1. The average Bonchev–Trinajstić information content (AvgIpc) is 2.71. The summed E-state index contributed by atoms with van der Waals surface area (Å²) in [4.78, 5) is 30.7. The van der Waals surface area contributed by atoms with E-state index >= 15 is 0 Å². The van der Waals surface area contributed by atoms with Crippen LogP contribution in [0.3, 0.4) is 0 Å². The summed E-state index contributed by atoms with van der Waals surface area (Å²) in [7, 11) is 0. The molecule has 2 heterocycles. The van der Waals surface area contributed by atoms with Gasteiger partial charge in [0.05, 0.1) is 26.3 Å². The molecule has 0 aromatic heterocycles. The smallest absolute Gasteiger partial charge is 0.236 e. The maximum Gasteiger partial charge on any atom is 0.236 e. The first-order valence-corrected chi connectivity index (χ1v) is 9.81. The Kier molecular flexibility index (Phi) is 7.62. The van der Waals surface area contributed by atoms with Gasteiger partial charge in [0.15, 0.2) is 0 Å². The molecule has 3 rings (SSSR count). The zero-order valence-electron chi connectivity index (χ0n) is 15.9. The van der Waals surface area contributed by atoms with E-state index in [9.17, 15) is 9.59 Å². The van der Waals surface area contributed by atoms with Crippen LogP contribution in [0, 0.1) is 0 Å². The third kappa shape index (κ3) is 6.61. The molecule has 0 spiro atoms. The molecule has 0 aliphatic carbocycles. The van der Waals surface area contributed by atoms with Crippen LogP contribution in [-0.4, -0.2) is 98.6 Å². The van der Waals surface area contributed by atoms with E-state index in [0.29, 0.717) is 45.9 Å². The van der Waals surface area contributed by atoms with E-state index in [2.05, 4.69) is 27.2 Å². The molecule has 2 aliphatic rings. The largest absolute Gasteiger partial charge is 0.378 e. The fourth-order valence-corrected chi connectivity index (χ4v) is 3.46. The van der Waals surface area contributed by atoms with E-state index in [1.54, 1.807) is 0 Å². The zero-order valence-corrected chi connectivity index (χ0v) is 15.9. The Balaban J connectivity index is 1.29. The maximum absolute atomic E-state index is 12.3. The van der Waals surface area contributed by atoms with Gasteiger partial charge < -0.3 is 15.0 Å². The Morgan fingerprint density at radius 3 is 2.19 bits per heavy atom. The van der Waals surface area contributed by atoms with Crippen molar-refractivity contribution in [2.75, 3.05) is 72.1 Å². The molecule has 2 saturated heterocycles. The summed E-state index contributed by atoms with van der Waals surface area (Å²) in [6, 6.07) is 10.2. The first-order valence-electron chi connectivity index (χ1n) is 9.81. The van der Waals surface area contributed by atoms with Crippen molar-refractivity contribution >= 4 is 11.8 Å². The SMILES string of the molecule is O=C(CN1CCN(CC(=O)N2CCOCC2)CC1)NCCc1ccccc1. The van der Waals surface area contributed by atoms with Crippen LogP contribution in [0.15, 0.2) is 30.3 Å². The summed E-state index contributed by atoms with van der Waals surface area (Å²) in [5.74, 6) is 0.258. The average molecular weight is 374 g/mol. The van der Waals surface area contributed by atoms with Crippen LogP contribution in [-0.2, 0) is 20.7 Å². The third-order valence-electron chi connectivity index (χ3n) is 5.13. The quantitative estimate of drug-likeness (QED) is 0.717. The zero-order chi connectivity index (χ0) is 18.9. The van der Waals surface area contributed by atoms with E-state index in [1.807, 2.05) is 23.1 Å². The number of piperazine rings is 1. The summed E-state index contributed by atoms with van der Waals surface area (Å²) >= 11 is 0. The standard InChI is InChI=1S/C20H30N4O3/c25-19(21-7-6-18-4-2-1-3-5-18)16-22-8-10-23(11-9-22)17-20(26)24-12-14-27-15-13-24/h1-5H,6-17H2,(H,21,25). The van der Waals surface area contributed by atoms with Crippen molar-refractivity contribution in [3.05, 3.63) is 35.9 Å². The molecule has 0 atom stereocenters. The second-order valence-electron chi connectivity index (χ2n) is 7.13. The number of morpholine rings is 1. The molecule has 2 aliphatic heterocycles. The molecule has 2 amide bonds. The lowest BCUT2D eigenvalue weighted by Gasteiger charge is -2.35. The predicted molar refractivity (Wildman–Crippen MR) is 103 cm³/mol. The van der Waals surface area contributed by atoms with Crippen LogP contribution >= 0.6 is 0 Å². The fourth-order valence-electron chi connectivity index (χ4n) is 3.46. The van der Waals surface area contributed by atoms with Gasteiger partial charge in [0.2, 0.25) is 11.8 Å². The summed E-state index contributed by atoms with van der Waals surface area (Å²) in [5, 5.41) is 3.00. The van der Waals surface area contributed by atoms with Gasteiger partial charge in [0.1, 0.15) is 0 Å². The molecule has 0 unspecified atom stereocenters. The molecule has 7 heteroatoms. The van der Waals surface area contributed by atoms with Crippen molar-refractivity contribution in [3.8, 4) is 0 Å². The Labute approximate surface area is 161 Å². The van der Waals surface area contributed by atoms with Gasteiger partial charge in [0.25, 0.3) is 0 Å². The minimum atomic E-state index is 0.0729. The van der Waals surface area contributed by atoms with Crippen molar-refractivity contribution in [2.24, 2.45) is 0 Å². The Hall–Kier alpha value is -1.96. The Morgan fingerprint density at radius 1 is 0.889 bits per heavy atom. The first kappa shape index (κ1) is 19.8. The highest BCUT2D eigenvalue weighted by atomic mass is 16.5. The van der Waals surface area contributed by atoms with Gasteiger partial charge in [-0.25, -0.2) is 0 Å². The fraction of sp³-hybridized carbons (Fsp3) is 0.600. The van der Waals surface area contributed by atoms with E-state index < -0.39 is 0 Å². The number of amides is 2. The first-order chi connectivity index (χ1) is 13.2. The van der Waals surface area contributed by atoms with Crippen LogP contribution in [0.25, 0.3) is 0 Å². The lowest BCUT2D eigenvalue weighted by Crippen LogP contribution is -2.53. The molecule has 1 aromatic rings. The van der Waals surface area contributed by atoms with Gasteiger partial charge in [0, 0.05) is 45.8 Å². The van der Waals surface area contributed by atoms with Crippen molar-refractivity contribution in [2.45, 2.75) is 6.42 Å². The lowest BCUT2D eigenvalue weighted by molar-refractivity contribution is -0.137. The second-order valence-corrected chi connectivity index (χ2v) is 7.13. The van der Waals surface area contributed by atoms with Gasteiger partial charge in [-0.2, -0.15) is 0 Å². The highest BCUT2D eigenvalue weighted by molar-refractivity contribution is 5.78. The molecule has 1 N–H and O–H groups in total. The minimum Gasteiger partial charge on any atom is -0.378 e. The number of hydrogen-bond donors (Lipinski definition) is 1. The number of hydrogen-bond acceptors (Lipinski definition) is 5. The van der Waals surface area contributed by atoms with Crippen LogP contribution in [0.4, 0.5) is 0 Å². The number of rotatable bonds is 7. The van der Waals surface area contributed by atoms with E-state index in [1.165, 1.54) is 5.56 Å². The monoisotopic (exact) mass is 374 g/mol. The molecule has 7 nitrogen and oxygen atoms in total. The number of nitrogens with zero attached hydrogens (tertiary/aromatic N) is 3. The molecular weight excluding hydrogens is 344 g/mol. The molecule has 148 valence electrons. The maximum atomic E-state index is 12.3. The van der Waals surface area contributed by atoms with Crippen LogP contribution in [0.1, 0.15) is 5.56 Å². The summed E-state index contributed by atoms with van der Waals surface area (Å²) in [6.45, 7) is 7.53. The predicted octanol–water partition coefficient (Wildman–Crippen LogP) is -0.178. The molecule has 0 radical (unpaired) electrons. The Bertz CT molecular complexity index is 597. The molecular formula is C20H30N4O3. The summed E-state index contributed by atoms with van der Waals surface area (Å²) < 4.78 is 5.29. The molecule has 1 aromatic carbocycles. The normalized spacial score (nSPS) is 19.0. The van der Waals surface area contributed by atoms with Crippen LogP contribution in [0.2, 0.25) is 0 Å². The van der Waals surface area contributed by atoms with Crippen molar-refractivity contribution in [1.82, 2.24) is 20.0 Å². The van der Waals surface area contributed by atoms with Gasteiger partial charge in [-0.1, -0.05) is 30.3 Å². The molecule has 27 heavy (non-hydrogen) atoms. The molecule has 2 fully saturated rings. The minimum absolute atomic E-state index is 0.0729. The van der Waals surface area contributed by atoms with E-state index in [-0.39, 0.29) is 11.8 Å².